The van der Waals surface area contributed by atoms with Gasteiger partial charge in [-0.25, -0.2) is 0 Å². The van der Waals surface area contributed by atoms with Gasteiger partial charge in [0, 0.05) is 58.1 Å². The van der Waals surface area contributed by atoms with E-state index in [1.807, 2.05) is 78.9 Å². The quantitative estimate of drug-likeness (QED) is 0.177. The molecule has 6 nitrogen and oxygen atoms in total. The van der Waals surface area contributed by atoms with Crippen molar-refractivity contribution in [2.75, 3.05) is 0 Å². The fourth-order valence-corrected chi connectivity index (χ4v) is 11.5. The summed E-state index contributed by atoms with van der Waals surface area (Å²) in [5.41, 5.74) is 9.99. The summed E-state index contributed by atoms with van der Waals surface area (Å²) in [7, 11) is 0. The smallest absolute Gasteiger partial charge is 0.104 e. The van der Waals surface area contributed by atoms with Gasteiger partial charge in [0.2, 0.25) is 0 Å². The molecule has 294 valence electrons. The molecular formula is C57H30N6S. The normalized spacial score (nSPS) is 11.7. The Bertz CT molecular complexity index is 4030. The Balaban J connectivity index is 1.37. The van der Waals surface area contributed by atoms with Crippen LogP contribution in [0.3, 0.4) is 0 Å². The zero-order valence-electron chi connectivity index (χ0n) is 33.9. The summed E-state index contributed by atoms with van der Waals surface area (Å²) >= 11 is 1.75. The van der Waals surface area contributed by atoms with E-state index in [4.69, 9.17) is 0 Å². The summed E-state index contributed by atoms with van der Waals surface area (Å²) in [6.07, 6.45) is 0. The minimum absolute atomic E-state index is 0.353. The average Bonchev–Trinajstić information content (AvgIpc) is 4.09. The lowest BCUT2D eigenvalue weighted by molar-refractivity contribution is 1.08. The second-order valence-electron chi connectivity index (χ2n) is 16.1. The Morgan fingerprint density at radius 3 is 1.23 bits per heavy atom. The molecule has 13 aromatic rings. The van der Waals surface area contributed by atoms with Crippen molar-refractivity contribution in [2.45, 2.75) is 0 Å². The highest BCUT2D eigenvalue weighted by Crippen LogP contribution is 2.50. The molecule has 4 heterocycles. The maximum Gasteiger partial charge on any atom is 0.104 e. The van der Waals surface area contributed by atoms with Gasteiger partial charge in [-0.3, -0.25) is 0 Å². The molecule has 7 heteroatoms. The molecule has 13 rings (SSSR count). The number of thiophene rings is 1. The number of fused-ring (bicyclic) bond motifs is 13. The number of hydrogen-bond acceptors (Lipinski definition) is 4. The molecule has 0 aliphatic heterocycles. The van der Waals surface area contributed by atoms with Gasteiger partial charge in [-0.2, -0.15) is 15.8 Å². The lowest BCUT2D eigenvalue weighted by atomic mass is 9.91. The van der Waals surface area contributed by atoms with Crippen LogP contribution in [-0.2, 0) is 0 Å². The molecule has 4 aromatic heterocycles. The van der Waals surface area contributed by atoms with Crippen molar-refractivity contribution in [1.82, 2.24) is 13.7 Å². The third-order valence-corrected chi connectivity index (χ3v) is 14.1. The average molecular weight is 831 g/mol. The van der Waals surface area contributed by atoms with Crippen molar-refractivity contribution in [1.29, 1.82) is 15.8 Å². The van der Waals surface area contributed by atoms with Gasteiger partial charge in [0.1, 0.15) is 23.3 Å². The molecule has 0 aliphatic carbocycles. The van der Waals surface area contributed by atoms with E-state index in [-0.39, 0.29) is 0 Å². The van der Waals surface area contributed by atoms with E-state index in [0.29, 0.717) is 39.3 Å². The highest BCUT2D eigenvalue weighted by molar-refractivity contribution is 7.26. The highest BCUT2D eigenvalue weighted by atomic mass is 32.1. The molecule has 0 radical (unpaired) electrons. The molecule has 0 fully saturated rings. The minimum atomic E-state index is 0.353. The van der Waals surface area contributed by atoms with Gasteiger partial charge in [0.25, 0.3) is 0 Å². The van der Waals surface area contributed by atoms with Gasteiger partial charge < -0.3 is 13.7 Å². The summed E-state index contributed by atoms with van der Waals surface area (Å²) in [5, 5.41) is 42.7. The Hall–Kier alpha value is -8.93. The highest BCUT2D eigenvalue weighted by Gasteiger charge is 2.33. The second-order valence-corrected chi connectivity index (χ2v) is 17.2. The Morgan fingerprint density at radius 1 is 0.344 bits per heavy atom. The van der Waals surface area contributed by atoms with Crippen LogP contribution in [0, 0.1) is 34.0 Å². The van der Waals surface area contributed by atoms with Gasteiger partial charge in [0.15, 0.2) is 0 Å². The summed E-state index contributed by atoms with van der Waals surface area (Å²) in [5.74, 6) is 0. The van der Waals surface area contributed by atoms with E-state index in [2.05, 4.69) is 135 Å². The van der Waals surface area contributed by atoms with Gasteiger partial charge in [0.05, 0.1) is 61.8 Å². The van der Waals surface area contributed by atoms with Gasteiger partial charge >= 0.3 is 0 Å². The van der Waals surface area contributed by atoms with Gasteiger partial charge in [-0.05, 0) is 60.2 Å². The monoisotopic (exact) mass is 830 g/mol. The molecule has 0 saturated heterocycles. The van der Waals surface area contributed by atoms with E-state index in [0.717, 1.165) is 91.2 Å². The number of nitrogens with zero attached hydrogens (tertiary/aromatic N) is 6. The van der Waals surface area contributed by atoms with Crippen molar-refractivity contribution in [3.8, 4) is 46.4 Å². The fourth-order valence-electron chi connectivity index (χ4n) is 10.4. The number of aromatic nitrogens is 3. The molecule has 0 unspecified atom stereocenters. The van der Waals surface area contributed by atoms with Crippen LogP contribution in [0.5, 0.6) is 0 Å². The van der Waals surface area contributed by atoms with Crippen molar-refractivity contribution in [3.63, 3.8) is 0 Å². The molecule has 0 saturated carbocycles. The fraction of sp³-hybridized carbons (Fsp3) is 0. The predicted octanol–water partition coefficient (Wildman–Crippen LogP) is 14.6. The summed E-state index contributed by atoms with van der Waals surface area (Å²) < 4.78 is 8.94. The summed E-state index contributed by atoms with van der Waals surface area (Å²) in [4.78, 5) is 0. The Morgan fingerprint density at radius 2 is 0.766 bits per heavy atom. The predicted molar refractivity (Wildman–Crippen MR) is 262 cm³/mol. The first kappa shape index (κ1) is 35.8. The molecule has 0 spiro atoms. The third-order valence-electron chi connectivity index (χ3n) is 13.0. The molecule has 0 atom stereocenters. The maximum absolute atomic E-state index is 12.1. The first-order valence-corrected chi connectivity index (χ1v) is 21.9. The number of benzene rings is 9. The Kier molecular flexibility index (Phi) is 7.57. The molecule has 9 aromatic carbocycles. The SMILES string of the molecule is N#Cc1ccc(-c2c(-n3c4ccccc4c4ccccc43)c(C#N)c(-n3c4ccccc4c4ccc5sc6ccccc6c5c43)c(C#N)c2-n2c3ccccc3c3ccccc32)cc1. The van der Waals surface area contributed by atoms with Crippen LogP contribution in [-0.4, -0.2) is 13.7 Å². The van der Waals surface area contributed by atoms with Crippen molar-refractivity contribution < 1.29 is 0 Å². The van der Waals surface area contributed by atoms with Gasteiger partial charge in [-0.15, -0.1) is 11.3 Å². The molecule has 64 heavy (non-hydrogen) atoms. The third kappa shape index (κ3) is 4.75. The van der Waals surface area contributed by atoms with Gasteiger partial charge in [-0.1, -0.05) is 127 Å². The van der Waals surface area contributed by atoms with E-state index in [9.17, 15) is 15.8 Å². The van der Waals surface area contributed by atoms with Crippen LogP contribution in [0.15, 0.2) is 182 Å². The Labute approximate surface area is 369 Å². The van der Waals surface area contributed by atoms with E-state index < -0.39 is 0 Å². The topological polar surface area (TPSA) is 86.2 Å². The number of rotatable bonds is 4. The molecule has 0 aliphatic rings. The largest absolute Gasteiger partial charge is 0.307 e. The zero-order valence-corrected chi connectivity index (χ0v) is 34.7. The summed E-state index contributed by atoms with van der Waals surface area (Å²) in [6.45, 7) is 0. The molecule has 0 N–H and O–H groups in total. The van der Waals surface area contributed by atoms with Crippen molar-refractivity contribution in [3.05, 3.63) is 199 Å². The standard InChI is InChI=1S/C57H30N6S/c58-31-34-25-27-35(28-26-34)52-56(61-45-19-7-1-13-36(45)37-14-2-8-20-46(37)61)43(32-59)54(44(33-60)57(52)62-47-21-9-3-15-38(47)39-16-4-10-22-48(39)62)63-49-23-11-5-17-40(49)41-29-30-51-53(55(41)63)42-18-6-12-24-50(42)64-51/h1-30H. The second kappa shape index (κ2) is 13.5. The van der Waals surface area contributed by atoms with Crippen LogP contribution < -0.4 is 0 Å². The van der Waals surface area contributed by atoms with E-state index in [1.54, 1.807) is 11.3 Å². The van der Waals surface area contributed by atoms with Crippen LogP contribution in [0.25, 0.3) is 114 Å². The molecular weight excluding hydrogens is 801 g/mol. The lowest BCUT2D eigenvalue weighted by Gasteiger charge is -2.26. The number of nitriles is 3. The first-order valence-electron chi connectivity index (χ1n) is 21.0. The maximum atomic E-state index is 12.1. The van der Waals surface area contributed by atoms with Crippen LogP contribution in [0.1, 0.15) is 16.7 Å². The molecule has 0 amide bonds. The minimum Gasteiger partial charge on any atom is -0.307 e. The molecule has 0 bridgehead atoms. The van der Waals surface area contributed by atoms with Crippen molar-refractivity contribution in [2.24, 2.45) is 0 Å². The summed E-state index contributed by atoms with van der Waals surface area (Å²) in [6, 6.07) is 69.9. The zero-order chi connectivity index (χ0) is 42.6. The van der Waals surface area contributed by atoms with Crippen LogP contribution in [0.4, 0.5) is 0 Å². The van der Waals surface area contributed by atoms with Crippen LogP contribution in [0.2, 0.25) is 0 Å². The number of para-hydroxylation sites is 5. The van der Waals surface area contributed by atoms with Crippen molar-refractivity contribution >= 4 is 96.9 Å². The first-order chi connectivity index (χ1) is 31.7. The van der Waals surface area contributed by atoms with Crippen LogP contribution >= 0.6 is 11.3 Å². The van der Waals surface area contributed by atoms with E-state index >= 15 is 0 Å². The van der Waals surface area contributed by atoms with E-state index in [1.165, 1.54) is 0 Å². The lowest BCUT2D eigenvalue weighted by Crippen LogP contribution is -2.14. The number of hydrogen-bond donors (Lipinski definition) is 0.